The number of hydrogen-bond acceptors (Lipinski definition) is 4. The Morgan fingerprint density at radius 3 is 2.87 bits per heavy atom. The van der Waals surface area contributed by atoms with Crippen molar-refractivity contribution in [1.82, 2.24) is 10.2 Å². The van der Waals surface area contributed by atoms with Crippen LogP contribution in [0.2, 0.25) is 5.02 Å². The molecule has 1 aliphatic rings. The number of likely N-dealkylation sites (tertiary alicyclic amines) is 1. The number of nitriles is 1. The lowest BCUT2D eigenvalue weighted by Gasteiger charge is -2.33. The maximum atomic E-state index is 12.4. The van der Waals surface area contributed by atoms with E-state index in [1.54, 1.807) is 4.90 Å². The molecule has 1 aromatic carbocycles. The zero-order valence-corrected chi connectivity index (χ0v) is 13.9. The van der Waals surface area contributed by atoms with Gasteiger partial charge in [0.25, 0.3) is 0 Å². The van der Waals surface area contributed by atoms with Crippen LogP contribution < -0.4 is 11.1 Å². The Labute approximate surface area is 142 Å². The molecule has 23 heavy (non-hydrogen) atoms. The van der Waals surface area contributed by atoms with Gasteiger partial charge in [-0.2, -0.15) is 5.26 Å². The van der Waals surface area contributed by atoms with Gasteiger partial charge in [0.05, 0.1) is 12.1 Å². The molecule has 0 radical (unpaired) electrons. The van der Waals surface area contributed by atoms with Gasteiger partial charge in [-0.15, -0.1) is 0 Å². The lowest BCUT2D eigenvalue weighted by atomic mass is 10.0. The van der Waals surface area contributed by atoms with Gasteiger partial charge in [-0.05, 0) is 49.9 Å². The molecule has 1 aromatic rings. The molecule has 2 atom stereocenters. The molecule has 1 aliphatic heterocycles. The van der Waals surface area contributed by atoms with Gasteiger partial charge in [0.2, 0.25) is 5.91 Å². The summed E-state index contributed by atoms with van der Waals surface area (Å²) in [6, 6.07) is 8.97. The third-order valence-corrected chi connectivity index (χ3v) is 4.38. The number of halogens is 1. The van der Waals surface area contributed by atoms with E-state index in [0.717, 1.165) is 29.8 Å². The number of carbonyl (C=O) groups excluding carboxylic acids is 1. The van der Waals surface area contributed by atoms with Crippen LogP contribution in [-0.4, -0.2) is 36.0 Å². The molecule has 5 nitrogen and oxygen atoms in total. The van der Waals surface area contributed by atoms with Crippen molar-refractivity contribution in [2.45, 2.75) is 44.3 Å². The van der Waals surface area contributed by atoms with E-state index in [1.807, 2.05) is 24.3 Å². The van der Waals surface area contributed by atoms with Gasteiger partial charge in [-0.1, -0.05) is 23.7 Å². The number of nitrogens with two attached hydrogens (primary N) is 1. The molecule has 6 heteroatoms. The lowest BCUT2D eigenvalue weighted by Crippen LogP contribution is -2.50. The fraction of sp³-hybridized carbons (Fsp3) is 0.529. The van der Waals surface area contributed by atoms with E-state index in [2.05, 4.69) is 11.4 Å². The minimum atomic E-state index is -0.554. The second kappa shape index (κ2) is 8.88. The van der Waals surface area contributed by atoms with Gasteiger partial charge >= 0.3 is 0 Å². The Bertz CT molecular complexity index is 555. The van der Waals surface area contributed by atoms with Crippen LogP contribution in [0.5, 0.6) is 0 Å². The molecule has 1 amide bonds. The average molecular weight is 335 g/mol. The second-order valence-corrected chi connectivity index (χ2v) is 6.31. The SMILES string of the molecule is N#C[C@@H]1CCCCN1C(=O)[C@@H](N)CCNCc1ccc(Cl)cc1. The third-order valence-electron chi connectivity index (χ3n) is 4.13. The molecule has 1 fully saturated rings. The molecule has 0 saturated carbocycles. The molecular formula is C17H23ClN4O. The summed E-state index contributed by atoms with van der Waals surface area (Å²) in [4.78, 5) is 14.0. The first-order valence-corrected chi connectivity index (χ1v) is 8.40. The van der Waals surface area contributed by atoms with Gasteiger partial charge in [0, 0.05) is 18.1 Å². The molecule has 2 rings (SSSR count). The first-order valence-electron chi connectivity index (χ1n) is 8.02. The van der Waals surface area contributed by atoms with Crippen LogP contribution in [0.4, 0.5) is 0 Å². The Balaban J connectivity index is 1.73. The fourth-order valence-electron chi connectivity index (χ4n) is 2.76. The quantitative estimate of drug-likeness (QED) is 0.780. The molecule has 0 bridgehead atoms. The van der Waals surface area contributed by atoms with E-state index in [9.17, 15) is 4.79 Å². The van der Waals surface area contributed by atoms with E-state index >= 15 is 0 Å². The third kappa shape index (κ3) is 5.21. The van der Waals surface area contributed by atoms with E-state index in [0.29, 0.717) is 26.1 Å². The minimum absolute atomic E-state index is 0.107. The van der Waals surface area contributed by atoms with E-state index < -0.39 is 6.04 Å². The zero-order chi connectivity index (χ0) is 16.7. The van der Waals surface area contributed by atoms with Gasteiger partial charge in [0.15, 0.2) is 0 Å². The zero-order valence-electron chi connectivity index (χ0n) is 13.2. The minimum Gasteiger partial charge on any atom is -0.325 e. The van der Waals surface area contributed by atoms with Crippen molar-refractivity contribution in [3.8, 4) is 6.07 Å². The molecule has 3 N–H and O–H groups in total. The van der Waals surface area contributed by atoms with Crippen molar-refractivity contribution in [2.24, 2.45) is 5.73 Å². The molecule has 124 valence electrons. The van der Waals surface area contributed by atoms with Crippen LogP contribution in [-0.2, 0) is 11.3 Å². The molecule has 0 aromatic heterocycles. The van der Waals surface area contributed by atoms with Crippen LogP contribution in [0.25, 0.3) is 0 Å². The largest absolute Gasteiger partial charge is 0.325 e. The van der Waals surface area contributed by atoms with Crippen molar-refractivity contribution in [3.05, 3.63) is 34.9 Å². The lowest BCUT2D eigenvalue weighted by molar-refractivity contribution is -0.135. The predicted molar refractivity (Wildman–Crippen MR) is 90.7 cm³/mol. The number of piperidine rings is 1. The number of nitrogens with zero attached hydrogens (tertiary/aromatic N) is 2. The summed E-state index contributed by atoms with van der Waals surface area (Å²) in [5, 5.41) is 13.1. The maximum absolute atomic E-state index is 12.4. The molecule has 1 saturated heterocycles. The Hall–Kier alpha value is -1.61. The highest BCUT2D eigenvalue weighted by atomic mass is 35.5. The monoisotopic (exact) mass is 334 g/mol. The predicted octanol–water partition coefficient (Wildman–Crippen LogP) is 2.05. The summed E-state index contributed by atoms with van der Waals surface area (Å²) in [6.45, 7) is 2.01. The van der Waals surface area contributed by atoms with Crippen molar-refractivity contribution < 1.29 is 4.79 Å². The van der Waals surface area contributed by atoms with Gasteiger partial charge in [-0.3, -0.25) is 4.79 Å². The van der Waals surface area contributed by atoms with E-state index in [-0.39, 0.29) is 11.9 Å². The number of rotatable bonds is 6. The van der Waals surface area contributed by atoms with Crippen LogP contribution >= 0.6 is 11.6 Å². The molecular weight excluding hydrogens is 312 g/mol. The smallest absolute Gasteiger partial charge is 0.240 e. The maximum Gasteiger partial charge on any atom is 0.240 e. The van der Waals surface area contributed by atoms with Gasteiger partial charge in [-0.25, -0.2) is 0 Å². The second-order valence-electron chi connectivity index (χ2n) is 5.87. The highest BCUT2D eigenvalue weighted by Crippen LogP contribution is 2.17. The number of hydrogen-bond donors (Lipinski definition) is 2. The van der Waals surface area contributed by atoms with Crippen LogP contribution in [0.15, 0.2) is 24.3 Å². The van der Waals surface area contributed by atoms with Gasteiger partial charge < -0.3 is 16.0 Å². The summed E-state index contributed by atoms with van der Waals surface area (Å²) >= 11 is 5.84. The van der Waals surface area contributed by atoms with Crippen molar-refractivity contribution in [2.75, 3.05) is 13.1 Å². The summed E-state index contributed by atoms with van der Waals surface area (Å²) in [7, 11) is 0. The molecule has 0 unspecified atom stereocenters. The number of benzene rings is 1. The topological polar surface area (TPSA) is 82.2 Å². The Kier molecular flexibility index (Phi) is 6.85. The normalized spacial score (nSPS) is 19.2. The number of amides is 1. The molecule has 1 heterocycles. The fourth-order valence-corrected chi connectivity index (χ4v) is 2.88. The van der Waals surface area contributed by atoms with Gasteiger partial charge in [0.1, 0.15) is 6.04 Å². The van der Waals surface area contributed by atoms with E-state index in [4.69, 9.17) is 22.6 Å². The average Bonchev–Trinajstić information content (AvgIpc) is 2.59. The first-order chi connectivity index (χ1) is 11.1. The van der Waals surface area contributed by atoms with Crippen molar-refractivity contribution >= 4 is 17.5 Å². The van der Waals surface area contributed by atoms with Crippen molar-refractivity contribution in [1.29, 1.82) is 5.26 Å². The highest BCUT2D eigenvalue weighted by Gasteiger charge is 2.29. The molecule has 0 aliphatic carbocycles. The standard InChI is InChI=1S/C17H23ClN4O/c18-14-6-4-13(5-7-14)12-21-9-8-16(20)17(23)22-10-2-1-3-15(22)11-19/h4-7,15-16,21H,1-3,8-10,12,20H2/t15-,16-/m0/s1. The number of nitrogens with one attached hydrogen (secondary N) is 1. The van der Waals surface area contributed by atoms with Crippen LogP contribution in [0.1, 0.15) is 31.2 Å². The first kappa shape index (κ1) is 17.7. The Morgan fingerprint density at radius 1 is 1.43 bits per heavy atom. The van der Waals surface area contributed by atoms with Crippen LogP contribution in [0.3, 0.4) is 0 Å². The van der Waals surface area contributed by atoms with Crippen molar-refractivity contribution in [3.63, 3.8) is 0 Å². The van der Waals surface area contributed by atoms with E-state index in [1.165, 1.54) is 0 Å². The molecule has 0 spiro atoms. The summed E-state index contributed by atoms with van der Waals surface area (Å²) in [6.07, 6.45) is 3.26. The summed E-state index contributed by atoms with van der Waals surface area (Å²) in [5.74, 6) is -0.107. The summed E-state index contributed by atoms with van der Waals surface area (Å²) in [5.41, 5.74) is 7.14. The number of carbonyl (C=O) groups is 1. The Morgan fingerprint density at radius 2 is 2.17 bits per heavy atom. The summed E-state index contributed by atoms with van der Waals surface area (Å²) < 4.78 is 0. The van der Waals surface area contributed by atoms with Crippen LogP contribution in [0, 0.1) is 11.3 Å². The highest BCUT2D eigenvalue weighted by molar-refractivity contribution is 6.30.